The quantitative estimate of drug-likeness (QED) is 0.432. The van der Waals surface area contributed by atoms with Crippen molar-refractivity contribution < 1.29 is 20.0 Å². The molecule has 5 heteroatoms. The van der Waals surface area contributed by atoms with Gasteiger partial charge in [-0.3, -0.25) is 0 Å². The van der Waals surface area contributed by atoms with Crippen LogP contribution in [0.1, 0.15) is 0 Å². The van der Waals surface area contributed by atoms with E-state index in [-0.39, 0.29) is 0 Å². The first-order valence-corrected chi connectivity index (χ1v) is 1.56. The van der Waals surface area contributed by atoms with Gasteiger partial charge in [0.05, 0.1) is 6.20 Å². The van der Waals surface area contributed by atoms with Crippen molar-refractivity contribution >= 4 is 0 Å². The molecule has 0 spiro atoms. The summed E-state index contributed by atoms with van der Waals surface area (Å²) in [5.74, 6) is 0. The summed E-state index contributed by atoms with van der Waals surface area (Å²) in [7, 11) is 0. The van der Waals surface area contributed by atoms with E-state index in [1.165, 1.54) is 12.5 Å². The van der Waals surface area contributed by atoms with Gasteiger partial charge in [0, 0.05) is 5.04 Å². The zero-order chi connectivity index (χ0) is 4.95. The maximum absolute atomic E-state index is 4.10. The van der Waals surface area contributed by atoms with Gasteiger partial charge in [-0.25, -0.2) is 5.48 Å². The molecule has 1 aliphatic heterocycles. The molecule has 5 nitrogen and oxygen atoms in total. The van der Waals surface area contributed by atoms with E-state index >= 15 is 0 Å². The van der Waals surface area contributed by atoms with Gasteiger partial charge in [-0.1, -0.05) is 4.99 Å². The summed E-state index contributed by atoms with van der Waals surface area (Å²) in [4.78, 5) is 8.11. The molecule has 1 heterocycles. The zero-order valence-electron chi connectivity index (χ0n) is 3.29. The van der Waals surface area contributed by atoms with Crippen molar-refractivity contribution in [3.63, 3.8) is 0 Å². The molecule has 0 unspecified atom stereocenters. The average Bonchev–Trinajstić information content (AvgIpc) is 1.90. The predicted molar refractivity (Wildman–Crippen MR) is 16.6 cm³/mol. The fourth-order valence-corrected chi connectivity index (χ4v) is 0.156. The fraction of sp³-hybridized carbons (Fsp3) is 0. The Morgan fingerprint density at radius 2 is 2.29 bits per heavy atom. The Hall–Kier alpha value is -0.780. The summed E-state index contributed by atoms with van der Waals surface area (Å²) in [6, 6.07) is 0. The molecular formula is C2H3NO4. The third-order valence-corrected chi connectivity index (χ3v) is 0.341. The summed E-state index contributed by atoms with van der Waals surface area (Å²) in [6.07, 6.45) is 2.57. The van der Waals surface area contributed by atoms with E-state index < -0.39 is 0 Å². The van der Waals surface area contributed by atoms with E-state index in [2.05, 4.69) is 25.4 Å². The third-order valence-electron chi connectivity index (χ3n) is 0.341. The van der Waals surface area contributed by atoms with Gasteiger partial charge in [0.25, 0.3) is 0 Å². The first-order chi connectivity index (χ1) is 3.50. The van der Waals surface area contributed by atoms with Gasteiger partial charge >= 0.3 is 0 Å². The van der Waals surface area contributed by atoms with Crippen molar-refractivity contribution in [3.8, 4) is 0 Å². The molecule has 7 heavy (non-hydrogen) atoms. The van der Waals surface area contributed by atoms with Crippen LogP contribution in [-0.2, 0) is 20.0 Å². The zero-order valence-corrected chi connectivity index (χ0v) is 3.29. The summed E-state index contributed by atoms with van der Waals surface area (Å²) in [5, 5.41) is 7.62. The number of hydrogen-bond acceptors (Lipinski definition) is 5. The molecule has 1 rings (SSSR count). The standard InChI is InChI=1S/C2H3NO4/c1-2-4-6-7-5-3-1/h1-3H. The second kappa shape index (κ2) is 2.40. The maximum Gasteiger partial charge on any atom is 0.151 e. The smallest absolute Gasteiger partial charge is 0.151 e. The van der Waals surface area contributed by atoms with Crippen LogP contribution in [0.4, 0.5) is 0 Å². The van der Waals surface area contributed by atoms with Crippen molar-refractivity contribution in [2.75, 3.05) is 0 Å². The molecule has 1 aliphatic rings. The van der Waals surface area contributed by atoms with Crippen molar-refractivity contribution in [2.24, 2.45) is 0 Å². The average molecular weight is 105 g/mol. The molecule has 0 aromatic carbocycles. The van der Waals surface area contributed by atoms with Crippen LogP contribution in [0.2, 0.25) is 0 Å². The summed E-state index contributed by atoms with van der Waals surface area (Å²) < 4.78 is 0. The Balaban J connectivity index is 2.20. The predicted octanol–water partition coefficient (Wildman–Crippen LogP) is -0.213. The van der Waals surface area contributed by atoms with Gasteiger partial charge in [0.1, 0.15) is 0 Å². The lowest BCUT2D eigenvalue weighted by atomic mass is 11.0. The topological polar surface area (TPSA) is 49.0 Å². The minimum atomic E-state index is 1.22. The highest BCUT2D eigenvalue weighted by atomic mass is 17.7. The molecule has 0 atom stereocenters. The van der Waals surface area contributed by atoms with Crippen LogP contribution in [0.15, 0.2) is 12.5 Å². The Morgan fingerprint density at radius 3 is 3.29 bits per heavy atom. The van der Waals surface area contributed by atoms with E-state index in [9.17, 15) is 0 Å². The summed E-state index contributed by atoms with van der Waals surface area (Å²) in [5.41, 5.74) is 2.19. The summed E-state index contributed by atoms with van der Waals surface area (Å²) in [6.45, 7) is 0. The maximum atomic E-state index is 4.10. The number of hydroxylamine groups is 1. The van der Waals surface area contributed by atoms with Crippen molar-refractivity contribution in [3.05, 3.63) is 12.5 Å². The number of hydrogen-bond donors (Lipinski definition) is 1. The minimum Gasteiger partial charge on any atom is -0.312 e. The number of rotatable bonds is 0. The Labute approximate surface area is 39.2 Å². The van der Waals surface area contributed by atoms with Crippen molar-refractivity contribution in [1.82, 2.24) is 5.48 Å². The van der Waals surface area contributed by atoms with E-state index in [1.807, 2.05) is 0 Å². The lowest BCUT2D eigenvalue weighted by Gasteiger charge is -1.89. The number of nitrogens with one attached hydrogen (secondary N) is 1. The van der Waals surface area contributed by atoms with Gasteiger partial charge in [-0.2, -0.15) is 0 Å². The Morgan fingerprint density at radius 1 is 1.29 bits per heavy atom. The van der Waals surface area contributed by atoms with Crippen molar-refractivity contribution in [2.45, 2.75) is 0 Å². The van der Waals surface area contributed by atoms with E-state index in [4.69, 9.17) is 0 Å². The molecule has 0 saturated carbocycles. The molecule has 0 aromatic heterocycles. The van der Waals surface area contributed by atoms with Crippen molar-refractivity contribution in [1.29, 1.82) is 0 Å². The molecule has 0 aliphatic carbocycles. The molecule has 0 saturated heterocycles. The highest BCUT2D eigenvalue weighted by Crippen LogP contribution is 1.85. The summed E-state index contributed by atoms with van der Waals surface area (Å²) >= 11 is 0. The van der Waals surface area contributed by atoms with E-state index in [0.29, 0.717) is 0 Å². The van der Waals surface area contributed by atoms with E-state index in [0.717, 1.165) is 0 Å². The van der Waals surface area contributed by atoms with E-state index in [1.54, 1.807) is 0 Å². The molecule has 0 aromatic rings. The van der Waals surface area contributed by atoms with Crippen LogP contribution >= 0.6 is 0 Å². The Kier molecular flexibility index (Phi) is 1.50. The van der Waals surface area contributed by atoms with Crippen LogP contribution in [0.25, 0.3) is 0 Å². The van der Waals surface area contributed by atoms with Crippen LogP contribution in [0.5, 0.6) is 0 Å². The second-order valence-electron chi connectivity index (χ2n) is 0.736. The second-order valence-corrected chi connectivity index (χ2v) is 0.736. The Bertz CT molecular complexity index is 64.1. The van der Waals surface area contributed by atoms with Crippen LogP contribution in [0, 0.1) is 0 Å². The highest BCUT2D eigenvalue weighted by Gasteiger charge is 1.88. The van der Waals surface area contributed by atoms with Crippen LogP contribution < -0.4 is 5.48 Å². The molecule has 0 fully saturated rings. The van der Waals surface area contributed by atoms with Gasteiger partial charge < -0.3 is 4.89 Å². The van der Waals surface area contributed by atoms with Gasteiger partial charge in [0.15, 0.2) is 6.26 Å². The normalized spacial score (nSPS) is 19.4. The van der Waals surface area contributed by atoms with Gasteiger partial charge in [0.2, 0.25) is 0 Å². The largest absolute Gasteiger partial charge is 0.312 e. The lowest BCUT2D eigenvalue weighted by Crippen LogP contribution is -2.03. The molecule has 0 amide bonds. The lowest BCUT2D eigenvalue weighted by molar-refractivity contribution is -0.627. The molecule has 0 bridgehead atoms. The SMILES string of the molecule is C1=COOOON1. The first kappa shape index (κ1) is 4.38. The third kappa shape index (κ3) is 1.40. The van der Waals surface area contributed by atoms with Gasteiger partial charge in [-0.05, 0) is 5.04 Å². The molecular weight excluding hydrogens is 102 g/mol. The van der Waals surface area contributed by atoms with Crippen LogP contribution in [-0.4, -0.2) is 0 Å². The van der Waals surface area contributed by atoms with Gasteiger partial charge in [-0.15, -0.1) is 0 Å². The van der Waals surface area contributed by atoms with Crippen LogP contribution in [0.3, 0.4) is 0 Å². The fourth-order valence-electron chi connectivity index (χ4n) is 0.156. The molecule has 1 N–H and O–H groups in total. The minimum absolute atomic E-state index is 1.22. The monoisotopic (exact) mass is 105 g/mol. The molecule has 0 radical (unpaired) electrons. The first-order valence-electron chi connectivity index (χ1n) is 1.56. The highest BCUT2D eigenvalue weighted by molar-refractivity contribution is 4.62. The molecule has 40 valence electrons.